The molecule has 122 valence electrons. The fourth-order valence-corrected chi connectivity index (χ4v) is 3.59. The summed E-state index contributed by atoms with van der Waals surface area (Å²) >= 11 is 3.44. The molecule has 6 nitrogen and oxygen atoms in total. The van der Waals surface area contributed by atoms with E-state index in [1.54, 1.807) is 16.7 Å². The summed E-state index contributed by atoms with van der Waals surface area (Å²) in [7, 11) is 0. The zero-order valence-corrected chi connectivity index (χ0v) is 14.4. The number of piperazine rings is 1. The van der Waals surface area contributed by atoms with Crippen molar-refractivity contribution in [2.24, 2.45) is 5.92 Å². The second-order valence-electron chi connectivity index (χ2n) is 5.86. The topological polar surface area (TPSA) is 69.7 Å². The molecule has 2 aliphatic heterocycles. The summed E-state index contributed by atoms with van der Waals surface area (Å²) in [6.07, 6.45) is 0.186. The van der Waals surface area contributed by atoms with E-state index in [0.29, 0.717) is 19.6 Å². The molecular weight excluding hydrogens is 362 g/mol. The maximum Gasteiger partial charge on any atom is 0.242 e. The maximum atomic E-state index is 12.7. The van der Waals surface area contributed by atoms with E-state index in [4.69, 9.17) is 0 Å². The predicted molar refractivity (Wildman–Crippen MR) is 88.8 cm³/mol. The highest BCUT2D eigenvalue weighted by molar-refractivity contribution is 9.10. The number of halogens is 1. The Bertz CT molecular complexity index is 664. The van der Waals surface area contributed by atoms with Crippen molar-refractivity contribution in [2.45, 2.75) is 19.4 Å². The fraction of sp³-hybridized carbons (Fsp3) is 0.438. The van der Waals surface area contributed by atoms with Gasteiger partial charge in [0.2, 0.25) is 17.7 Å². The molecule has 7 heteroatoms. The van der Waals surface area contributed by atoms with Gasteiger partial charge in [0, 0.05) is 30.5 Å². The minimum absolute atomic E-state index is 0.0654. The molecule has 0 bridgehead atoms. The van der Waals surface area contributed by atoms with Crippen LogP contribution < -0.4 is 10.2 Å². The first kappa shape index (κ1) is 16.0. The van der Waals surface area contributed by atoms with Crippen molar-refractivity contribution in [3.05, 3.63) is 28.7 Å². The molecule has 0 radical (unpaired) electrons. The first-order valence-electron chi connectivity index (χ1n) is 7.62. The van der Waals surface area contributed by atoms with Crippen LogP contribution in [0.25, 0.3) is 0 Å². The third kappa shape index (κ3) is 2.97. The van der Waals surface area contributed by atoms with Crippen molar-refractivity contribution >= 4 is 39.3 Å². The number of nitrogens with zero attached hydrogens (tertiary/aromatic N) is 2. The number of hydrogen-bond donors (Lipinski definition) is 1. The Morgan fingerprint density at radius 3 is 2.78 bits per heavy atom. The number of amides is 3. The highest BCUT2D eigenvalue weighted by Crippen LogP contribution is 2.32. The number of hydrogen-bond acceptors (Lipinski definition) is 3. The molecule has 1 aromatic carbocycles. The molecule has 2 atom stereocenters. The van der Waals surface area contributed by atoms with Gasteiger partial charge in [-0.2, -0.15) is 0 Å². The van der Waals surface area contributed by atoms with Crippen LogP contribution in [-0.4, -0.2) is 48.3 Å². The van der Waals surface area contributed by atoms with Crippen LogP contribution in [0.3, 0.4) is 0 Å². The molecule has 3 rings (SSSR count). The molecule has 2 fully saturated rings. The molecule has 2 unspecified atom stereocenters. The fourth-order valence-electron chi connectivity index (χ4n) is 3.09. The van der Waals surface area contributed by atoms with E-state index in [1.807, 2.05) is 24.3 Å². The van der Waals surface area contributed by atoms with E-state index in [2.05, 4.69) is 21.2 Å². The summed E-state index contributed by atoms with van der Waals surface area (Å²) in [5.74, 6) is -0.723. The van der Waals surface area contributed by atoms with Crippen molar-refractivity contribution in [1.29, 1.82) is 0 Å². The Kier molecular flexibility index (Phi) is 4.39. The second kappa shape index (κ2) is 6.31. The molecule has 2 aliphatic rings. The van der Waals surface area contributed by atoms with E-state index < -0.39 is 12.0 Å². The van der Waals surface area contributed by atoms with Crippen LogP contribution in [0, 0.1) is 5.92 Å². The molecule has 0 aromatic heterocycles. The Morgan fingerprint density at radius 2 is 2.04 bits per heavy atom. The minimum Gasteiger partial charge on any atom is -0.353 e. The minimum atomic E-state index is -0.483. The summed E-state index contributed by atoms with van der Waals surface area (Å²) in [6.45, 7) is 3.02. The monoisotopic (exact) mass is 379 g/mol. The van der Waals surface area contributed by atoms with Crippen molar-refractivity contribution in [1.82, 2.24) is 10.2 Å². The zero-order chi connectivity index (χ0) is 16.6. The van der Waals surface area contributed by atoms with E-state index >= 15 is 0 Å². The van der Waals surface area contributed by atoms with Crippen molar-refractivity contribution in [2.75, 3.05) is 24.5 Å². The van der Waals surface area contributed by atoms with Gasteiger partial charge in [-0.25, -0.2) is 0 Å². The number of para-hydroxylation sites is 1. The Balaban J connectivity index is 1.76. The number of rotatable bonds is 2. The zero-order valence-electron chi connectivity index (χ0n) is 12.8. The average Bonchev–Trinajstić information content (AvgIpc) is 2.92. The van der Waals surface area contributed by atoms with Gasteiger partial charge >= 0.3 is 0 Å². The summed E-state index contributed by atoms with van der Waals surface area (Å²) in [6, 6.07) is 6.98. The molecule has 23 heavy (non-hydrogen) atoms. The van der Waals surface area contributed by atoms with Crippen LogP contribution in [0.5, 0.6) is 0 Å². The van der Waals surface area contributed by atoms with Crippen molar-refractivity contribution in [3.63, 3.8) is 0 Å². The number of benzene rings is 1. The first-order valence-corrected chi connectivity index (χ1v) is 8.41. The van der Waals surface area contributed by atoms with Gasteiger partial charge in [-0.05, 0) is 35.0 Å². The van der Waals surface area contributed by atoms with E-state index in [1.165, 1.54) is 0 Å². The summed E-state index contributed by atoms with van der Waals surface area (Å²) in [4.78, 5) is 40.0. The van der Waals surface area contributed by atoms with Crippen LogP contribution in [0.1, 0.15) is 13.3 Å². The van der Waals surface area contributed by atoms with Gasteiger partial charge in [-0.3, -0.25) is 14.4 Å². The number of anilines is 1. The quantitative estimate of drug-likeness (QED) is 0.837. The SMILES string of the molecule is CC1C(=O)NCCN1C(=O)C1CC(=O)N(c2ccccc2Br)C1. The second-order valence-corrected chi connectivity index (χ2v) is 6.71. The third-order valence-corrected chi connectivity index (χ3v) is 5.07. The van der Waals surface area contributed by atoms with Crippen LogP contribution in [-0.2, 0) is 14.4 Å². The predicted octanol–water partition coefficient (Wildman–Crippen LogP) is 1.15. The summed E-state index contributed by atoms with van der Waals surface area (Å²) in [5.41, 5.74) is 0.775. The molecule has 2 saturated heterocycles. The van der Waals surface area contributed by atoms with Crippen molar-refractivity contribution < 1.29 is 14.4 Å². The normalized spacial score (nSPS) is 24.8. The molecule has 1 aromatic rings. The van der Waals surface area contributed by atoms with E-state index in [0.717, 1.165) is 10.2 Å². The largest absolute Gasteiger partial charge is 0.353 e. The lowest BCUT2D eigenvalue weighted by Crippen LogP contribution is -2.57. The standard InChI is InChI=1S/C16H18BrN3O3/c1-10-15(22)18-6-7-19(10)16(23)11-8-14(21)20(9-11)13-5-3-2-4-12(13)17/h2-5,10-11H,6-9H2,1H3,(H,18,22). The third-order valence-electron chi connectivity index (χ3n) is 4.40. The summed E-state index contributed by atoms with van der Waals surface area (Å²) < 4.78 is 0.826. The Labute approximate surface area is 142 Å². The molecule has 0 aliphatic carbocycles. The lowest BCUT2D eigenvalue weighted by Gasteiger charge is -2.34. The molecule has 0 saturated carbocycles. The highest BCUT2D eigenvalue weighted by Gasteiger charge is 2.40. The van der Waals surface area contributed by atoms with Gasteiger partial charge in [-0.1, -0.05) is 12.1 Å². The molecule has 3 amide bonds. The van der Waals surface area contributed by atoms with Crippen LogP contribution in [0.4, 0.5) is 5.69 Å². The van der Waals surface area contributed by atoms with E-state index in [9.17, 15) is 14.4 Å². The molecule has 1 N–H and O–H groups in total. The van der Waals surface area contributed by atoms with Gasteiger partial charge in [0.25, 0.3) is 0 Å². The highest BCUT2D eigenvalue weighted by atomic mass is 79.9. The first-order chi connectivity index (χ1) is 11.0. The van der Waals surface area contributed by atoms with E-state index in [-0.39, 0.29) is 24.1 Å². The molecular formula is C16H18BrN3O3. The van der Waals surface area contributed by atoms with Crippen molar-refractivity contribution in [3.8, 4) is 0 Å². The number of nitrogens with one attached hydrogen (secondary N) is 1. The lowest BCUT2D eigenvalue weighted by molar-refractivity contribution is -0.145. The van der Waals surface area contributed by atoms with Crippen LogP contribution in [0.2, 0.25) is 0 Å². The Morgan fingerprint density at radius 1 is 1.30 bits per heavy atom. The molecule has 0 spiro atoms. The molecule has 2 heterocycles. The van der Waals surface area contributed by atoms with Gasteiger partial charge < -0.3 is 15.1 Å². The Hall–Kier alpha value is -1.89. The van der Waals surface area contributed by atoms with Gasteiger partial charge in [0.05, 0.1) is 11.6 Å². The lowest BCUT2D eigenvalue weighted by atomic mass is 10.0. The van der Waals surface area contributed by atoms with Gasteiger partial charge in [0.1, 0.15) is 6.04 Å². The van der Waals surface area contributed by atoms with Gasteiger partial charge in [0.15, 0.2) is 0 Å². The number of carbonyl (C=O) groups is 3. The summed E-state index contributed by atoms with van der Waals surface area (Å²) in [5, 5.41) is 2.74. The smallest absolute Gasteiger partial charge is 0.242 e. The average molecular weight is 380 g/mol. The van der Waals surface area contributed by atoms with Crippen LogP contribution in [0.15, 0.2) is 28.7 Å². The van der Waals surface area contributed by atoms with Gasteiger partial charge in [-0.15, -0.1) is 0 Å². The van der Waals surface area contributed by atoms with Crippen LogP contribution >= 0.6 is 15.9 Å². The number of carbonyl (C=O) groups excluding carboxylic acids is 3. The maximum absolute atomic E-state index is 12.7.